The summed E-state index contributed by atoms with van der Waals surface area (Å²) in [6, 6.07) is 0. The molecule has 1 N–H and O–H groups in total. The van der Waals surface area contributed by atoms with Crippen molar-refractivity contribution < 1.29 is 0 Å². The summed E-state index contributed by atoms with van der Waals surface area (Å²) in [7, 11) is 0. The van der Waals surface area contributed by atoms with E-state index in [-0.39, 0.29) is 0 Å². The standard InChI is InChI=1S/C15H29N/c1-6-8-15(13(3)4)12-14(5)9-11-16-10-7-2/h2,13-16H,6,8-12H2,1,3-5H3. The van der Waals surface area contributed by atoms with E-state index in [1.807, 2.05) is 0 Å². The fraction of sp³-hybridized carbons (Fsp3) is 0.867. The summed E-state index contributed by atoms with van der Waals surface area (Å²) in [5.41, 5.74) is 0. The van der Waals surface area contributed by atoms with Gasteiger partial charge in [0, 0.05) is 0 Å². The maximum absolute atomic E-state index is 5.19. The topological polar surface area (TPSA) is 12.0 Å². The van der Waals surface area contributed by atoms with Gasteiger partial charge in [0.2, 0.25) is 0 Å². The monoisotopic (exact) mass is 223 g/mol. The molecule has 0 rings (SSSR count). The lowest BCUT2D eigenvalue weighted by Crippen LogP contribution is -2.19. The van der Waals surface area contributed by atoms with Gasteiger partial charge in [0.05, 0.1) is 6.54 Å². The molecule has 0 bridgehead atoms. The lowest BCUT2D eigenvalue weighted by molar-refractivity contribution is 0.279. The summed E-state index contributed by atoms with van der Waals surface area (Å²) in [5, 5.41) is 3.26. The summed E-state index contributed by atoms with van der Waals surface area (Å²) in [4.78, 5) is 0. The van der Waals surface area contributed by atoms with Crippen molar-refractivity contribution in [2.24, 2.45) is 17.8 Å². The van der Waals surface area contributed by atoms with Gasteiger partial charge < -0.3 is 5.32 Å². The zero-order valence-corrected chi connectivity index (χ0v) is 11.6. The van der Waals surface area contributed by atoms with Crippen LogP contribution in [0.1, 0.15) is 53.4 Å². The minimum Gasteiger partial charge on any atom is -0.306 e. The highest BCUT2D eigenvalue weighted by Gasteiger charge is 2.15. The Bertz CT molecular complexity index is 190. The fourth-order valence-corrected chi connectivity index (χ4v) is 2.24. The molecule has 1 heteroatoms. The predicted molar refractivity (Wildman–Crippen MR) is 73.3 cm³/mol. The van der Waals surface area contributed by atoms with Crippen LogP contribution >= 0.6 is 0 Å². The van der Waals surface area contributed by atoms with Gasteiger partial charge in [-0.3, -0.25) is 0 Å². The molecule has 0 heterocycles. The minimum atomic E-state index is 0.704. The van der Waals surface area contributed by atoms with Gasteiger partial charge in [0.1, 0.15) is 0 Å². The van der Waals surface area contributed by atoms with Crippen LogP contribution in [-0.2, 0) is 0 Å². The normalized spacial score (nSPS) is 14.8. The van der Waals surface area contributed by atoms with Crippen molar-refractivity contribution in [1.82, 2.24) is 5.32 Å². The molecule has 1 nitrogen and oxygen atoms in total. The van der Waals surface area contributed by atoms with Crippen LogP contribution in [0.15, 0.2) is 0 Å². The van der Waals surface area contributed by atoms with Crippen molar-refractivity contribution in [3.05, 3.63) is 0 Å². The molecule has 0 amide bonds. The number of nitrogens with one attached hydrogen (secondary N) is 1. The maximum Gasteiger partial charge on any atom is 0.0573 e. The zero-order valence-electron chi connectivity index (χ0n) is 11.6. The first-order chi connectivity index (χ1) is 7.61. The van der Waals surface area contributed by atoms with Crippen molar-refractivity contribution >= 4 is 0 Å². The van der Waals surface area contributed by atoms with E-state index in [0.29, 0.717) is 6.54 Å². The molecule has 0 aromatic rings. The molecule has 0 spiro atoms. The quantitative estimate of drug-likeness (QED) is 0.464. The number of hydrogen-bond donors (Lipinski definition) is 1. The molecule has 0 radical (unpaired) electrons. The lowest BCUT2D eigenvalue weighted by Gasteiger charge is -2.24. The molecule has 0 aliphatic carbocycles. The second-order valence-electron chi connectivity index (χ2n) is 5.30. The van der Waals surface area contributed by atoms with Crippen molar-refractivity contribution in [2.45, 2.75) is 53.4 Å². The van der Waals surface area contributed by atoms with Crippen LogP contribution in [0.4, 0.5) is 0 Å². The first kappa shape index (κ1) is 15.5. The molecule has 0 fully saturated rings. The van der Waals surface area contributed by atoms with Crippen LogP contribution in [0.2, 0.25) is 0 Å². The van der Waals surface area contributed by atoms with Crippen LogP contribution in [-0.4, -0.2) is 13.1 Å². The molecule has 2 unspecified atom stereocenters. The van der Waals surface area contributed by atoms with Gasteiger partial charge in [-0.15, -0.1) is 6.42 Å². The average Bonchev–Trinajstić information content (AvgIpc) is 2.23. The van der Waals surface area contributed by atoms with Gasteiger partial charge in [0.25, 0.3) is 0 Å². The number of terminal acetylenes is 1. The van der Waals surface area contributed by atoms with E-state index in [9.17, 15) is 0 Å². The van der Waals surface area contributed by atoms with E-state index >= 15 is 0 Å². The fourth-order valence-electron chi connectivity index (χ4n) is 2.24. The predicted octanol–water partition coefficient (Wildman–Crippen LogP) is 3.70. The summed E-state index contributed by atoms with van der Waals surface area (Å²) < 4.78 is 0. The van der Waals surface area contributed by atoms with Gasteiger partial charge in [-0.1, -0.05) is 46.5 Å². The Labute approximate surface area is 102 Å². The first-order valence-corrected chi connectivity index (χ1v) is 6.75. The highest BCUT2D eigenvalue weighted by atomic mass is 14.8. The van der Waals surface area contributed by atoms with Crippen LogP contribution in [0.3, 0.4) is 0 Å². The molecule has 94 valence electrons. The SMILES string of the molecule is C#CCNCCC(C)CC(CCC)C(C)C. The van der Waals surface area contributed by atoms with E-state index in [1.165, 1.54) is 25.7 Å². The van der Waals surface area contributed by atoms with Gasteiger partial charge in [-0.05, 0) is 37.1 Å². The Morgan fingerprint density at radius 1 is 1.19 bits per heavy atom. The summed E-state index contributed by atoms with van der Waals surface area (Å²) >= 11 is 0. The highest BCUT2D eigenvalue weighted by Crippen LogP contribution is 2.26. The molecule has 0 saturated carbocycles. The summed E-state index contributed by atoms with van der Waals surface area (Å²) in [5.74, 6) is 5.14. The minimum absolute atomic E-state index is 0.704. The molecule has 0 saturated heterocycles. The third-order valence-corrected chi connectivity index (χ3v) is 3.35. The van der Waals surface area contributed by atoms with Gasteiger partial charge in [-0.2, -0.15) is 0 Å². The molecular weight excluding hydrogens is 194 g/mol. The maximum atomic E-state index is 5.19. The van der Waals surface area contributed by atoms with Gasteiger partial charge in [0.15, 0.2) is 0 Å². The molecule has 0 aliphatic heterocycles. The van der Waals surface area contributed by atoms with E-state index in [0.717, 1.165) is 24.3 Å². The molecular formula is C15H29N. The highest BCUT2D eigenvalue weighted by molar-refractivity contribution is 4.86. The Kier molecular flexibility index (Phi) is 9.43. The van der Waals surface area contributed by atoms with E-state index in [2.05, 4.69) is 38.9 Å². The molecule has 0 aromatic carbocycles. The second-order valence-corrected chi connectivity index (χ2v) is 5.30. The van der Waals surface area contributed by atoms with Crippen molar-refractivity contribution in [1.29, 1.82) is 0 Å². The molecule has 16 heavy (non-hydrogen) atoms. The Balaban J connectivity index is 3.73. The van der Waals surface area contributed by atoms with E-state index in [1.54, 1.807) is 0 Å². The first-order valence-electron chi connectivity index (χ1n) is 6.75. The zero-order chi connectivity index (χ0) is 12.4. The summed E-state index contributed by atoms with van der Waals surface area (Å²) in [6.07, 6.45) is 10.5. The van der Waals surface area contributed by atoms with E-state index < -0.39 is 0 Å². The molecule has 0 aliphatic rings. The Morgan fingerprint density at radius 2 is 1.88 bits per heavy atom. The van der Waals surface area contributed by atoms with Crippen molar-refractivity contribution in [2.75, 3.05) is 13.1 Å². The summed E-state index contributed by atoms with van der Waals surface area (Å²) in [6.45, 7) is 11.1. The number of rotatable bonds is 9. The van der Waals surface area contributed by atoms with Crippen molar-refractivity contribution in [3.63, 3.8) is 0 Å². The Hall–Kier alpha value is -0.480. The van der Waals surface area contributed by atoms with Gasteiger partial charge >= 0.3 is 0 Å². The molecule has 0 aromatic heterocycles. The van der Waals surface area contributed by atoms with Crippen LogP contribution in [0.5, 0.6) is 0 Å². The average molecular weight is 223 g/mol. The third kappa shape index (κ3) is 7.77. The number of hydrogen-bond acceptors (Lipinski definition) is 1. The van der Waals surface area contributed by atoms with E-state index in [4.69, 9.17) is 6.42 Å². The van der Waals surface area contributed by atoms with Crippen LogP contribution < -0.4 is 5.32 Å². The Morgan fingerprint density at radius 3 is 2.38 bits per heavy atom. The molecule has 2 atom stereocenters. The lowest BCUT2D eigenvalue weighted by atomic mass is 9.83. The van der Waals surface area contributed by atoms with Crippen LogP contribution in [0, 0.1) is 30.1 Å². The van der Waals surface area contributed by atoms with Crippen LogP contribution in [0.25, 0.3) is 0 Å². The van der Waals surface area contributed by atoms with Crippen molar-refractivity contribution in [3.8, 4) is 12.3 Å². The van der Waals surface area contributed by atoms with Gasteiger partial charge in [-0.25, -0.2) is 0 Å². The second kappa shape index (κ2) is 9.73. The third-order valence-electron chi connectivity index (χ3n) is 3.35. The smallest absolute Gasteiger partial charge is 0.0573 e. The largest absolute Gasteiger partial charge is 0.306 e.